The number of hydrogen-bond donors (Lipinski definition) is 0. The van der Waals surface area contributed by atoms with Crippen molar-refractivity contribution < 1.29 is 4.74 Å². The van der Waals surface area contributed by atoms with Crippen LogP contribution < -0.4 is 9.64 Å². The number of anilines is 1. The Labute approximate surface area is 197 Å². The summed E-state index contributed by atoms with van der Waals surface area (Å²) in [6.45, 7) is 6.91. The Kier molecular flexibility index (Phi) is 5.99. The second kappa shape index (κ2) is 9.22. The first kappa shape index (κ1) is 21.4. The van der Waals surface area contributed by atoms with E-state index in [-0.39, 0.29) is 6.04 Å². The van der Waals surface area contributed by atoms with Crippen LogP contribution in [-0.4, -0.2) is 52.7 Å². The molecule has 1 unspecified atom stereocenters. The van der Waals surface area contributed by atoms with Gasteiger partial charge in [0.2, 0.25) is 0 Å². The zero-order valence-electron chi connectivity index (χ0n) is 18.8. The number of imidazole rings is 1. The summed E-state index contributed by atoms with van der Waals surface area (Å²) >= 11 is 1.73. The predicted molar refractivity (Wildman–Crippen MR) is 131 cm³/mol. The van der Waals surface area contributed by atoms with Gasteiger partial charge in [0.15, 0.2) is 5.13 Å². The standard InChI is InChI=1S/C25H26N6OS/c1-18(20-5-3-19(14-26)4-6-20)31-17-27-15-21(31)16-29-9-11-30(12-10-29)25-28-23-8-7-22(32-2)13-24(23)33-25/h3-8,13,15,17-18H,9-12,16H2,1-2H3. The van der Waals surface area contributed by atoms with Gasteiger partial charge in [0.05, 0.1) is 47.0 Å². The SMILES string of the molecule is COc1ccc2nc(N3CCN(Cc4cncn4C(C)c4ccc(C#N)cc4)CC3)sc2c1. The predicted octanol–water partition coefficient (Wildman–Crippen LogP) is 4.30. The highest BCUT2D eigenvalue weighted by Gasteiger charge is 2.22. The van der Waals surface area contributed by atoms with Crippen LogP contribution >= 0.6 is 11.3 Å². The van der Waals surface area contributed by atoms with Gasteiger partial charge >= 0.3 is 0 Å². The van der Waals surface area contributed by atoms with Crippen LogP contribution in [0.1, 0.15) is 29.8 Å². The summed E-state index contributed by atoms with van der Waals surface area (Å²) in [5.74, 6) is 0.870. The van der Waals surface area contributed by atoms with Gasteiger partial charge in [0.25, 0.3) is 0 Å². The number of nitriles is 1. The minimum Gasteiger partial charge on any atom is -0.497 e. The molecule has 0 radical (unpaired) electrons. The summed E-state index contributed by atoms with van der Waals surface area (Å²) in [6.07, 6.45) is 3.87. The van der Waals surface area contributed by atoms with Crippen molar-refractivity contribution in [1.82, 2.24) is 19.4 Å². The molecule has 0 bridgehead atoms. The van der Waals surface area contributed by atoms with Crippen molar-refractivity contribution in [1.29, 1.82) is 5.26 Å². The second-order valence-corrected chi connectivity index (χ2v) is 9.30. The highest BCUT2D eigenvalue weighted by Crippen LogP contribution is 2.32. The van der Waals surface area contributed by atoms with Gasteiger partial charge in [0.1, 0.15) is 5.75 Å². The van der Waals surface area contributed by atoms with Gasteiger partial charge in [-0.1, -0.05) is 23.5 Å². The van der Waals surface area contributed by atoms with Crippen LogP contribution in [0.25, 0.3) is 10.2 Å². The Morgan fingerprint density at radius 2 is 1.91 bits per heavy atom. The molecule has 4 aromatic rings. The highest BCUT2D eigenvalue weighted by atomic mass is 32.1. The lowest BCUT2D eigenvalue weighted by atomic mass is 10.1. The van der Waals surface area contributed by atoms with Gasteiger partial charge in [-0.25, -0.2) is 9.97 Å². The van der Waals surface area contributed by atoms with E-state index in [9.17, 15) is 0 Å². The Bertz CT molecular complexity index is 1280. The Balaban J connectivity index is 1.23. The van der Waals surface area contributed by atoms with Crippen molar-refractivity contribution in [2.75, 3.05) is 38.2 Å². The number of nitrogens with zero attached hydrogens (tertiary/aromatic N) is 6. The molecule has 8 heteroatoms. The minimum atomic E-state index is 0.163. The molecule has 33 heavy (non-hydrogen) atoms. The van der Waals surface area contributed by atoms with Crippen molar-refractivity contribution in [3.8, 4) is 11.8 Å². The number of piperazine rings is 1. The summed E-state index contributed by atoms with van der Waals surface area (Å²) in [6, 6.07) is 16.2. The second-order valence-electron chi connectivity index (χ2n) is 8.30. The first-order valence-electron chi connectivity index (χ1n) is 11.1. The van der Waals surface area contributed by atoms with Crippen LogP contribution in [0.3, 0.4) is 0 Å². The smallest absolute Gasteiger partial charge is 0.186 e. The number of rotatable bonds is 6. The van der Waals surface area contributed by atoms with Gasteiger partial charge in [-0.05, 0) is 42.8 Å². The van der Waals surface area contributed by atoms with Crippen LogP contribution in [0.5, 0.6) is 5.75 Å². The van der Waals surface area contributed by atoms with E-state index in [2.05, 4.69) is 38.4 Å². The number of hydrogen-bond acceptors (Lipinski definition) is 7. The summed E-state index contributed by atoms with van der Waals surface area (Å²) in [7, 11) is 1.69. The molecule has 1 aliphatic rings. The molecule has 1 saturated heterocycles. The maximum absolute atomic E-state index is 9.04. The van der Waals surface area contributed by atoms with Crippen molar-refractivity contribution in [3.05, 3.63) is 71.8 Å². The molecule has 0 aliphatic carbocycles. The topological polar surface area (TPSA) is 70.2 Å². The third kappa shape index (κ3) is 4.42. The number of methoxy groups -OCH3 is 1. The minimum absolute atomic E-state index is 0.163. The maximum atomic E-state index is 9.04. The van der Waals surface area contributed by atoms with Gasteiger partial charge in [-0.3, -0.25) is 4.90 Å². The maximum Gasteiger partial charge on any atom is 0.186 e. The monoisotopic (exact) mass is 458 g/mol. The molecule has 0 saturated carbocycles. The van der Waals surface area contributed by atoms with E-state index in [0.29, 0.717) is 5.56 Å². The van der Waals surface area contributed by atoms with Crippen LogP contribution in [-0.2, 0) is 6.54 Å². The molecule has 0 spiro atoms. The molecular weight excluding hydrogens is 432 g/mol. The molecule has 7 nitrogen and oxygen atoms in total. The molecule has 2 aromatic carbocycles. The number of thiazole rings is 1. The van der Waals surface area contributed by atoms with Crippen molar-refractivity contribution in [2.45, 2.75) is 19.5 Å². The fourth-order valence-corrected chi connectivity index (χ4v) is 5.33. The van der Waals surface area contributed by atoms with Crippen LogP contribution in [0.4, 0.5) is 5.13 Å². The first-order chi connectivity index (χ1) is 16.1. The number of aromatic nitrogens is 3. The lowest BCUT2D eigenvalue weighted by Gasteiger charge is -2.34. The van der Waals surface area contributed by atoms with Gasteiger partial charge in [0, 0.05) is 38.9 Å². The average molecular weight is 459 g/mol. The summed E-state index contributed by atoms with van der Waals surface area (Å²) < 4.78 is 8.74. The molecule has 2 aromatic heterocycles. The van der Waals surface area contributed by atoms with Crippen molar-refractivity contribution in [3.63, 3.8) is 0 Å². The van der Waals surface area contributed by atoms with Gasteiger partial charge in [-0.2, -0.15) is 5.26 Å². The van der Waals surface area contributed by atoms with E-state index >= 15 is 0 Å². The Hall–Kier alpha value is -3.41. The van der Waals surface area contributed by atoms with Crippen LogP contribution in [0.2, 0.25) is 0 Å². The van der Waals surface area contributed by atoms with E-state index in [1.54, 1.807) is 18.4 Å². The Morgan fingerprint density at radius 3 is 2.64 bits per heavy atom. The molecule has 1 atom stereocenters. The summed E-state index contributed by atoms with van der Waals surface area (Å²) in [4.78, 5) is 14.1. The lowest BCUT2D eigenvalue weighted by molar-refractivity contribution is 0.243. The average Bonchev–Trinajstić information content (AvgIpc) is 3.50. The third-order valence-electron chi connectivity index (χ3n) is 6.30. The summed E-state index contributed by atoms with van der Waals surface area (Å²) in [5, 5.41) is 10.1. The fraction of sp³-hybridized carbons (Fsp3) is 0.320. The van der Waals surface area contributed by atoms with Crippen molar-refractivity contribution >= 4 is 26.7 Å². The largest absolute Gasteiger partial charge is 0.497 e. The number of benzene rings is 2. The van der Waals surface area contributed by atoms with E-state index in [1.165, 1.54) is 11.3 Å². The van der Waals surface area contributed by atoms with Gasteiger partial charge in [-0.15, -0.1) is 0 Å². The zero-order chi connectivity index (χ0) is 22.8. The molecule has 168 valence electrons. The van der Waals surface area contributed by atoms with Crippen LogP contribution in [0, 0.1) is 11.3 Å². The highest BCUT2D eigenvalue weighted by molar-refractivity contribution is 7.22. The molecule has 0 N–H and O–H groups in total. The molecule has 1 fully saturated rings. The van der Waals surface area contributed by atoms with E-state index < -0.39 is 0 Å². The van der Waals surface area contributed by atoms with Crippen molar-refractivity contribution in [2.24, 2.45) is 0 Å². The van der Waals surface area contributed by atoms with Gasteiger partial charge < -0.3 is 14.2 Å². The summed E-state index contributed by atoms with van der Waals surface area (Å²) in [5.41, 5.74) is 4.08. The van der Waals surface area contributed by atoms with E-state index in [0.717, 1.165) is 53.8 Å². The fourth-order valence-electron chi connectivity index (χ4n) is 4.28. The third-order valence-corrected chi connectivity index (χ3v) is 7.38. The normalized spacial score (nSPS) is 15.5. The molecule has 0 amide bonds. The lowest BCUT2D eigenvalue weighted by Crippen LogP contribution is -2.46. The zero-order valence-corrected chi connectivity index (χ0v) is 19.6. The Morgan fingerprint density at radius 1 is 1.12 bits per heavy atom. The first-order valence-corrected chi connectivity index (χ1v) is 11.9. The molecular formula is C25H26N6OS. The molecule has 5 rings (SSSR count). The molecule has 1 aliphatic heterocycles. The quantitative estimate of drug-likeness (QED) is 0.429. The van der Waals surface area contributed by atoms with E-state index in [1.807, 2.05) is 48.9 Å². The van der Waals surface area contributed by atoms with E-state index in [4.69, 9.17) is 15.0 Å². The van der Waals surface area contributed by atoms with Crippen LogP contribution in [0.15, 0.2) is 55.0 Å². The molecule has 3 heterocycles. The number of fused-ring (bicyclic) bond motifs is 1. The number of ether oxygens (including phenoxy) is 1.